The van der Waals surface area contributed by atoms with Crippen molar-refractivity contribution in [2.75, 3.05) is 18.6 Å². The molecule has 9 nitrogen and oxygen atoms in total. The molecule has 40 heavy (non-hydrogen) atoms. The largest absolute Gasteiger partial charge is 0.505 e. The van der Waals surface area contributed by atoms with E-state index < -0.39 is 17.7 Å². The van der Waals surface area contributed by atoms with Gasteiger partial charge in [-0.05, 0) is 61.9 Å². The molecule has 0 bridgehead atoms. The molecule has 0 saturated carbocycles. The van der Waals surface area contributed by atoms with E-state index in [0.29, 0.717) is 56.4 Å². The maximum atomic E-state index is 13.7. The number of Topliss-reactive ketones (excluding diaryl/α,β-unsaturated/α-hetero) is 1. The Kier molecular flexibility index (Phi) is 6.44. The van der Waals surface area contributed by atoms with Gasteiger partial charge in [0, 0.05) is 11.2 Å². The lowest BCUT2D eigenvalue weighted by molar-refractivity contribution is -0.132. The quantitative estimate of drug-likeness (QED) is 0.152. The molecule has 1 aliphatic rings. The maximum Gasteiger partial charge on any atom is 0.301 e. The van der Waals surface area contributed by atoms with Crippen molar-refractivity contribution in [2.45, 2.75) is 19.9 Å². The fourth-order valence-electron chi connectivity index (χ4n) is 4.99. The molecular weight excluding hydrogens is 552 g/mol. The number of aryl methyl sites for hydroxylation is 1. The Hall–Kier alpha value is -4.41. The van der Waals surface area contributed by atoms with Crippen LogP contribution in [0.2, 0.25) is 5.02 Å². The van der Waals surface area contributed by atoms with E-state index in [-0.39, 0.29) is 11.3 Å². The number of fused-ring (bicyclic) bond motifs is 2. The number of ether oxygens (including phenoxy) is 2. The number of anilines is 1. The van der Waals surface area contributed by atoms with E-state index in [2.05, 4.69) is 9.97 Å². The van der Waals surface area contributed by atoms with Crippen LogP contribution in [0.15, 0.2) is 66.4 Å². The van der Waals surface area contributed by atoms with Crippen molar-refractivity contribution >= 4 is 61.4 Å². The number of carbonyl (C=O) groups excluding carboxylic acids is 2. The summed E-state index contributed by atoms with van der Waals surface area (Å²) in [4.78, 5) is 37.9. The van der Waals surface area contributed by atoms with Crippen molar-refractivity contribution in [1.82, 2.24) is 14.4 Å². The minimum absolute atomic E-state index is 0.0812. The Morgan fingerprint density at radius 3 is 2.70 bits per heavy atom. The number of ketones is 1. The number of methoxy groups -OCH3 is 1. The zero-order chi connectivity index (χ0) is 28.1. The number of amides is 1. The second-order valence-electron chi connectivity index (χ2n) is 9.10. The first-order valence-electron chi connectivity index (χ1n) is 12.4. The Morgan fingerprint density at radius 1 is 1.10 bits per heavy atom. The summed E-state index contributed by atoms with van der Waals surface area (Å²) in [5.74, 6) is -1.04. The van der Waals surface area contributed by atoms with Crippen LogP contribution in [0.3, 0.4) is 0 Å². The summed E-state index contributed by atoms with van der Waals surface area (Å²) in [6.45, 7) is 4.03. The lowest BCUT2D eigenvalue weighted by Crippen LogP contribution is -2.29. The molecule has 1 fully saturated rings. The number of carbonyl (C=O) groups is 2. The van der Waals surface area contributed by atoms with Gasteiger partial charge in [0.1, 0.15) is 11.3 Å². The zero-order valence-electron chi connectivity index (χ0n) is 21.7. The third kappa shape index (κ3) is 4.07. The van der Waals surface area contributed by atoms with Crippen LogP contribution in [0, 0.1) is 6.92 Å². The first kappa shape index (κ1) is 25.8. The van der Waals surface area contributed by atoms with Crippen molar-refractivity contribution in [1.29, 1.82) is 0 Å². The highest BCUT2D eigenvalue weighted by Gasteiger charge is 2.49. The highest BCUT2D eigenvalue weighted by Crippen LogP contribution is 2.46. The van der Waals surface area contributed by atoms with Gasteiger partial charge in [0.2, 0.25) is 0 Å². The summed E-state index contributed by atoms with van der Waals surface area (Å²) in [5.41, 5.74) is 2.51. The van der Waals surface area contributed by atoms with Crippen LogP contribution in [0.25, 0.3) is 21.6 Å². The monoisotopic (exact) mass is 574 g/mol. The van der Waals surface area contributed by atoms with Crippen molar-refractivity contribution in [3.05, 3.63) is 88.3 Å². The number of aliphatic hydroxyl groups is 1. The summed E-state index contributed by atoms with van der Waals surface area (Å²) in [6.07, 6.45) is 1.74. The molecule has 1 unspecified atom stereocenters. The number of thiazole rings is 1. The number of nitrogens with zero attached hydrogens (tertiary/aromatic N) is 4. The Labute approximate surface area is 237 Å². The minimum Gasteiger partial charge on any atom is -0.505 e. The Balaban J connectivity index is 1.61. The molecule has 4 heterocycles. The first-order valence-corrected chi connectivity index (χ1v) is 13.6. The highest BCUT2D eigenvalue weighted by molar-refractivity contribution is 7.22. The average molecular weight is 575 g/mol. The van der Waals surface area contributed by atoms with Crippen LogP contribution in [-0.4, -0.2) is 44.9 Å². The SMILES string of the molecule is CCOc1ccc(C2C(=C(O)c3c(C)nc4ccccn34)C(=O)C(=O)N2c2nc3ccc(Cl)cc3s2)cc1OC. The molecule has 202 valence electrons. The number of benzene rings is 2. The second kappa shape index (κ2) is 9.96. The first-order chi connectivity index (χ1) is 19.3. The molecule has 0 radical (unpaired) electrons. The smallest absolute Gasteiger partial charge is 0.301 e. The second-order valence-corrected chi connectivity index (χ2v) is 10.5. The number of hydrogen-bond donors (Lipinski definition) is 1. The molecule has 5 aromatic rings. The molecule has 1 atom stereocenters. The third-order valence-electron chi connectivity index (χ3n) is 6.72. The number of hydrogen-bond acceptors (Lipinski definition) is 8. The highest BCUT2D eigenvalue weighted by atomic mass is 35.5. The van der Waals surface area contributed by atoms with Crippen molar-refractivity contribution < 1.29 is 24.2 Å². The van der Waals surface area contributed by atoms with Gasteiger partial charge in [-0.3, -0.25) is 18.9 Å². The summed E-state index contributed by atoms with van der Waals surface area (Å²) in [6, 6.07) is 14.8. The molecule has 0 aliphatic carbocycles. The van der Waals surface area contributed by atoms with Gasteiger partial charge in [-0.1, -0.05) is 35.1 Å². The molecule has 3 aromatic heterocycles. The molecule has 0 spiro atoms. The number of imidazole rings is 1. The van der Waals surface area contributed by atoms with Gasteiger partial charge >= 0.3 is 5.91 Å². The predicted octanol–water partition coefficient (Wildman–Crippen LogP) is 5.94. The van der Waals surface area contributed by atoms with Gasteiger partial charge < -0.3 is 14.6 Å². The lowest BCUT2D eigenvalue weighted by Gasteiger charge is -2.24. The summed E-state index contributed by atoms with van der Waals surface area (Å²) < 4.78 is 13.7. The van der Waals surface area contributed by atoms with E-state index in [1.807, 2.05) is 13.0 Å². The van der Waals surface area contributed by atoms with Crippen molar-refractivity contribution in [2.24, 2.45) is 0 Å². The predicted molar refractivity (Wildman–Crippen MR) is 154 cm³/mol. The number of halogens is 1. The maximum absolute atomic E-state index is 13.7. The Bertz CT molecular complexity index is 1860. The summed E-state index contributed by atoms with van der Waals surface area (Å²) >= 11 is 7.42. The van der Waals surface area contributed by atoms with E-state index in [1.54, 1.807) is 66.1 Å². The van der Waals surface area contributed by atoms with Gasteiger partial charge in [-0.25, -0.2) is 9.97 Å². The third-order valence-corrected chi connectivity index (χ3v) is 7.97. The minimum atomic E-state index is -1.01. The van der Waals surface area contributed by atoms with E-state index >= 15 is 0 Å². The number of rotatable bonds is 6. The van der Waals surface area contributed by atoms with E-state index in [1.165, 1.54) is 23.3 Å². The fraction of sp³-hybridized carbons (Fsp3) is 0.172. The summed E-state index contributed by atoms with van der Waals surface area (Å²) in [5, 5.41) is 12.6. The van der Waals surface area contributed by atoms with Gasteiger partial charge in [0.15, 0.2) is 22.4 Å². The molecule has 11 heteroatoms. The Morgan fingerprint density at radius 2 is 1.93 bits per heavy atom. The van der Waals surface area contributed by atoms with Gasteiger partial charge in [-0.15, -0.1) is 0 Å². The molecule has 1 saturated heterocycles. The van der Waals surface area contributed by atoms with Crippen LogP contribution >= 0.6 is 22.9 Å². The van der Waals surface area contributed by atoms with Gasteiger partial charge in [-0.2, -0.15) is 0 Å². The number of aromatic nitrogens is 3. The van der Waals surface area contributed by atoms with Gasteiger partial charge in [0.25, 0.3) is 5.78 Å². The van der Waals surface area contributed by atoms with Crippen LogP contribution in [0.1, 0.15) is 29.9 Å². The lowest BCUT2D eigenvalue weighted by atomic mass is 9.96. The van der Waals surface area contributed by atoms with Crippen LogP contribution < -0.4 is 14.4 Å². The number of pyridine rings is 1. The van der Waals surface area contributed by atoms with E-state index in [0.717, 1.165) is 4.70 Å². The standard InChI is InChI=1S/C29H23ClN4O5S/c1-4-39-19-11-8-16(13-20(19)38-3)25-23(26(35)24-15(2)31-22-7-5-6-12-33(22)24)27(36)28(37)34(25)29-32-18-10-9-17(30)14-21(18)40-29/h5-14,25,35H,4H2,1-3H3. The van der Waals surface area contributed by atoms with Crippen molar-refractivity contribution in [3.63, 3.8) is 0 Å². The molecule has 2 aromatic carbocycles. The van der Waals surface area contributed by atoms with Crippen molar-refractivity contribution in [3.8, 4) is 11.5 Å². The molecule has 6 rings (SSSR count). The van der Waals surface area contributed by atoms with Crippen LogP contribution in [-0.2, 0) is 9.59 Å². The zero-order valence-corrected chi connectivity index (χ0v) is 23.3. The molecule has 1 amide bonds. The number of aliphatic hydroxyl groups excluding tert-OH is 1. The summed E-state index contributed by atoms with van der Waals surface area (Å²) in [7, 11) is 1.51. The van der Waals surface area contributed by atoms with Crippen LogP contribution in [0.4, 0.5) is 5.13 Å². The van der Waals surface area contributed by atoms with E-state index in [9.17, 15) is 14.7 Å². The van der Waals surface area contributed by atoms with Crippen LogP contribution in [0.5, 0.6) is 11.5 Å². The fourth-order valence-corrected chi connectivity index (χ4v) is 6.26. The molecular formula is C29H23ClN4O5S. The topological polar surface area (TPSA) is 106 Å². The average Bonchev–Trinajstić information content (AvgIpc) is 3.59. The van der Waals surface area contributed by atoms with Gasteiger partial charge in [0.05, 0.1) is 41.2 Å². The molecule has 1 aliphatic heterocycles. The normalized spacial score (nSPS) is 16.8. The van der Waals surface area contributed by atoms with E-state index in [4.69, 9.17) is 21.1 Å². The molecule has 1 N–H and O–H groups in total.